The van der Waals surface area contributed by atoms with Crippen molar-refractivity contribution in [2.75, 3.05) is 12.4 Å². The molecule has 21 heavy (non-hydrogen) atoms. The van der Waals surface area contributed by atoms with Gasteiger partial charge >= 0.3 is 0 Å². The first-order valence-corrected chi connectivity index (χ1v) is 8.52. The van der Waals surface area contributed by atoms with E-state index in [1.807, 2.05) is 24.3 Å². The van der Waals surface area contributed by atoms with E-state index in [4.69, 9.17) is 27.9 Å². The monoisotopic (exact) mass is 457 g/mol. The maximum Gasteiger partial charge on any atom is 0.220 e. The molecule has 0 fully saturated rings. The van der Waals surface area contributed by atoms with Crippen molar-refractivity contribution < 1.29 is 26.3 Å². The molecule has 0 bridgehead atoms. The number of hydrogen-bond acceptors (Lipinski definition) is 1. The van der Waals surface area contributed by atoms with Crippen molar-refractivity contribution >= 4 is 44.8 Å². The van der Waals surface area contributed by atoms with Crippen molar-refractivity contribution in [3.8, 4) is 5.75 Å². The summed E-state index contributed by atoms with van der Waals surface area (Å²) in [6, 6.07) is 8.55. The van der Waals surface area contributed by atoms with E-state index in [2.05, 4.69) is 34.4 Å². The number of benzene rings is 1. The summed E-state index contributed by atoms with van der Waals surface area (Å²) in [4.78, 5) is 0. The molecule has 0 saturated heterocycles. The summed E-state index contributed by atoms with van der Waals surface area (Å²) >= 11 is 16.7. The maximum atomic E-state index is 6.59. The van der Waals surface area contributed by atoms with Crippen molar-refractivity contribution in [2.24, 2.45) is 0 Å². The van der Waals surface area contributed by atoms with E-state index >= 15 is 0 Å². The molecule has 1 aromatic carbocycles. The Morgan fingerprint density at radius 3 is 2.33 bits per heavy atom. The highest BCUT2D eigenvalue weighted by molar-refractivity contribution is 9.09. The van der Waals surface area contributed by atoms with Gasteiger partial charge < -0.3 is 21.7 Å². The first kappa shape index (κ1) is 19.3. The first-order valence-electron chi connectivity index (χ1n) is 6.64. The molecular formula is C15H19Br2Cl2NO. The lowest BCUT2D eigenvalue weighted by Crippen LogP contribution is -3.00. The number of hydrogen-bond donors (Lipinski definition) is 0. The second-order valence-corrected chi connectivity index (χ2v) is 7.43. The van der Waals surface area contributed by atoms with Crippen LogP contribution in [0.1, 0.15) is 25.8 Å². The highest BCUT2D eigenvalue weighted by Crippen LogP contribution is 2.39. The number of rotatable bonds is 4. The number of halogens is 4. The molecule has 0 aliphatic carbocycles. The summed E-state index contributed by atoms with van der Waals surface area (Å²) in [5.41, 5.74) is 2.04. The van der Waals surface area contributed by atoms with E-state index in [9.17, 15) is 0 Å². The fraction of sp³-hybridized carbons (Fsp3) is 0.533. The van der Waals surface area contributed by atoms with E-state index in [1.165, 1.54) is 0 Å². The van der Waals surface area contributed by atoms with Crippen LogP contribution in [0.15, 0.2) is 24.3 Å². The van der Waals surface area contributed by atoms with E-state index in [0.717, 1.165) is 28.8 Å². The Morgan fingerprint density at radius 2 is 1.90 bits per heavy atom. The summed E-state index contributed by atoms with van der Waals surface area (Å²) in [6.45, 7) is 4.32. The third kappa shape index (κ3) is 3.95. The van der Waals surface area contributed by atoms with Crippen LogP contribution in [0.25, 0.3) is 0 Å². The van der Waals surface area contributed by atoms with Crippen LogP contribution < -0.4 is 21.7 Å². The average molecular weight is 460 g/mol. The Balaban J connectivity index is 0.00000220. The van der Waals surface area contributed by atoms with Gasteiger partial charge in [0.1, 0.15) is 11.8 Å². The van der Waals surface area contributed by atoms with Crippen molar-refractivity contribution in [3.63, 3.8) is 0 Å². The van der Waals surface area contributed by atoms with Crippen molar-refractivity contribution in [1.29, 1.82) is 0 Å². The first-order chi connectivity index (χ1) is 9.40. The zero-order chi connectivity index (χ0) is 14.9. The van der Waals surface area contributed by atoms with Gasteiger partial charge in [0.15, 0.2) is 6.04 Å². The molecule has 1 unspecified atom stereocenters. The summed E-state index contributed by atoms with van der Waals surface area (Å²) in [6.07, 6.45) is 0.723. The second kappa shape index (κ2) is 7.67. The minimum Gasteiger partial charge on any atom is -1.00 e. The molecule has 0 amide bonds. The van der Waals surface area contributed by atoms with Crippen LogP contribution in [0.2, 0.25) is 0 Å². The largest absolute Gasteiger partial charge is 1.00 e. The van der Waals surface area contributed by atoms with Gasteiger partial charge in [0.05, 0.1) is 18.9 Å². The van der Waals surface area contributed by atoms with Gasteiger partial charge in [-0.3, -0.25) is 0 Å². The van der Waals surface area contributed by atoms with Gasteiger partial charge in [-0.25, -0.2) is 4.58 Å². The van der Waals surface area contributed by atoms with Crippen molar-refractivity contribution in [3.05, 3.63) is 29.8 Å². The SMILES string of the molecule is COc1ccc(C2=[N+](C(C)C)C(CBr)CC2(Cl)Cl)cc1.[Br-]. The third-order valence-electron chi connectivity index (χ3n) is 3.59. The Labute approximate surface area is 155 Å². The Hall–Kier alpha value is 0.230. The fourth-order valence-electron chi connectivity index (χ4n) is 2.78. The molecule has 118 valence electrons. The molecule has 0 radical (unpaired) electrons. The zero-order valence-corrected chi connectivity index (χ0v) is 16.9. The fourth-order valence-corrected chi connectivity index (χ4v) is 4.09. The Morgan fingerprint density at radius 1 is 1.33 bits per heavy atom. The topological polar surface area (TPSA) is 12.2 Å². The molecule has 2 nitrogen and oxygen atoms in total. The lowest BCUT2D eigenvalue weighted by Gasteiger charge is -2.13. The normalized spacial score (nSPS) is 20.6. The van der Waals surface area contributed by atoms with Crippen LogP contribution in [0, 0.1) is 0 Å². The molecule has 0 N–H and O–H groups in total. The van der Waals surface area contributed by atoms with E-state index in [-0.39, 0.29) is 17.0 Å². The van der Waals surface area contributed by atoms with Gasteiger partial charge in [-0.1, -0.05) is 39.1 Å². The van der Waals surface area contributed by atoms with Gasteiger partial charge in [-0.2, -0.15) is 0 Å². The highest BCUT2D eigenvalue weighted by atomic mass is 79.9. The predicted molar refractivity (Wildman–Crippen MR) is 89.1 cm³/mol. The van der Waals surface area contributed by atoms with E-state index < -0.39 is 4.33 Å². The minimum absolute atomic E-state index is 0. The molecule has 1 heterocycles. The molecule has 2 rings (SSSR count). The lowest BCUT2D eigenvalue weighted by molar-refractivity contribution is -0.581. The van der Waals surface area contributed by atoms with Gasteiger partial charge in [0.2, 0.25) is 10.0 Å². The van der Waals surface area contributed by atoms with Gasteiger partial charge in [0, 0.05) is 5.56 Å². The molecule has 1 aromatic rings. The maximum absolute atomic E-state index is 6.59. The molecule has 1 aliphatic heterocycles. The highest BCUT2D eigenvalue weighted by Gasteiger charge is 2.51. The summed E-state index contributed by atoms with van der Waals surface area (Å²) in [5, 5.41) is 0.853. The molecule has 6 heteroatoms. The summed E-state index contributed by atoms with van der Waals surface area (Å²) < 4.78 is 6.67. The quantitative estimate of drug-likeness (QED) is 0.487. The van der Waals surface area contributed by atoms with Crippen molar-refractivity contribution in [1.82, 2.24) is 0 Å². The van der Waals surface area contributed by atoms with Gasteiger partial charge in [-0.05, 0) is 38.1 Å². The van der Waals surface area contributed by atoms with Gasteiger partial charge in [-0.15, -0.1) is 0 Å². The van der Waals surface area contributed by atoms with E-state index in [1.54, 1.807) is 7.11 Å². The average Bonchev–Trinajstić information content (AvgIpc) is 2.70. The summed E-state index contributed by atoms with van der Waals surface area (Å²) in [5.74, 6) is 0.829. The van der Waals surface area contributed by atoms with Crippen LogP contribution in [0.3, 0.4) is 0 Å². The molecular weight excluding hydrogens is 441 g/mol. The number of alkyl halides is 3. The molecule has 0 spiro atoms. The molecule has 0 saturated carbocycles. The minimum atomic E-state index is -0.850. The van der Waals surface area contributed by atoms with Crippen LogP contribution in [0.4, 0.5) is 0 Å². The molecule has 1 aliphatic rings. The van der Waals surface area contributed by atoms with E-state index in [0.29, 0.717) is 12.1 Å². The van der Waals surface area contributed by atoms with Crippen LogP contribution in [-0.4, -0.2) is 39.1 Å². The zero-order valence-electron chi connectivity index (χ0n) is 12.2. The molecule has 0 aromatic heterocycles. The smallest absolute Gasteiger partial charge is 0.220 e. The van der Waals surface area contributed by atoms with Crippen LogP contribution in [0.5, 0.6) is 5.75 Å². The summed E-state index contributed by atoms with van der Waals surface area (Å²) in [7, 11) is 1.66. The van der Waals surface area contributed by atoms with Crippen molar-refractivity contribution in [2.45, 2.75) is 36.7 Å². The number of methoxy groups -OCH3 is 1. The van der Waals surface area contributed by atoms with Crippen LogP contribution in [-0.2, 0) is 0 Å². The molecule has 1 atom stereocenters. The third-order valence-corrected chi connectivity index (χ3v) is 5.00. The number of nitrogens with zero attached hydrogens (tertiary/aromatic N) is 1. The standard InChI is InChI=1S/C15H19BrCl2NO.BrH/c1-10(2)19-12(9-16)8-15(17,18)14(19)11-4-6-13(20-3)7-5-11;/h4-7,10,12H,8-9H2,1-3H3;1H/q+1;/p-1. The Bertz CT molecular complexity index is 515. The van der Waals surface area contributed by atoms with Crippen LogP contribution >= 0.6 is 39.1 Å². The Kier molecular flexibility index (Phi) is 7.04. The number of ether oxygens (including phenoxy) is 1. The van der Waals surface area contributed by atoms with Gasteiger partial charge in [0.25, 0.3) is 0 Å². The predicted octanol–water partition coefficient (Wildman–Crippen LogP) is 1.25. The lowest BCUT2D eigenvalue weighted by atomic mass is 10.1. The second-order valence-electron chi connectivity index (χ2n) is 5.29.